The van der Waals surface area contributed by atoms with Gasteiger partial charge in [-0.2, -0.15) is 10.4 Å². The molecule has 1 fully saturated rings. The monoisotopic (exact) mass is 325 g/mol. The molecule has 0 bridgehead atoms. The van der Waals surface area contributed by atoms with Gasteiger partial charge in [0.15, 0.2) is 0 Å². The van der Waals surface area contributed by atoms with E-state index < -0.39 is 0 Å². The van der Waals surface area contributed by atoms with Gasteiger partial charge in [-0.1, -0.05) is 0 Å². The van der Waals surface area contributed by atoms with E-state index in [0.717, 1.165) is 18.8 Å². The largest absolute Gasteiger partial charge is 0.393 e. The van der Waals surface area contributed by atoms with Gasteiger partial charge in [-0.05, 0) is 37.1 Å². The van der Waals surface area contributed by atoms with Crippen LogP contribution in [0.1, 0.15) is 28.9 Å². The molecule has 1 aromatic carbocycles. The lowest BCUT2D eigenvalue weighted by atomic mass is 10.0. The number of aryl methyl sites for hydroxylation is 1. The van der Waals surface area contributed by atoms with Crippen LogP contribution >= 0.6 is 0 Å². The number of carbonyl (C=O) groups is 1. The summed E-state index contributed by atoms with van der Waals surface area (Å²) in [6, 6.07) is 9.13. The number of benzene rings is 1. The fourth-order valence-corrected chi connectivity index (χ4v) is 2.88. The van der Waals surface area contributed by atoms with Crippen LogP contribution in [0, 0.1) is 11.3 Å². The molecule has 24 heavy (non-hydrogen) atoms. The number of hydrogen-bond donors (Lipinski definition) is 2. The number of aromatic nitrogens is 2. The molecular weight excluding hydrogens is 306 g/mol. The van der Waals surface area contributed by atoms with Crippen molar-refractivity contribution in [2.75, 3.05) is 23.3 Å². The van der Waals surface area contributed by atoms with Gasteiger partial charge in [0.2, 0.25) is 0 Å². The summed E-state index contributed by atoms with van der Waals surface area (Å²) < 4.78 is 1.49. The van der Waals surface area contributed by atoms with E-state index in [4.69, 9.17) is 0 Å². The van der Waals surface area contributed by atoms with Crippen molar-refractivity contribution in [1.82, 2.24) is 9.78 Å². The lowest BCUT2D eigenvalue weighted by molar-refractivity contribution is 0.101. The van der Waals surface area contributed by atoms with Gasteiger partial charge in [-0.25, -0.2) is 0 Å². The summed E-state index contributed by atoms with van der Waals surface area (Å²) in [5.41, 5.74) is 2.36. The van der Waals surface area contributed by atoms with Gasteiger partial charge in [0, 0.05) is 32.0 Å². The lowest BCUT2D eigenvalue weighted by Crippen LogP contribution is -2.36. The summed E-state index contributed by atoms with van der Waals surface area (Å²) >= 11 is 0. The molecule has 1 aliphatic rings. The van der Waals surface area contributed by atoms with E-state index in [9.17, 15) is 15.2 Å². The Labute approximate surface area is 140 Å². The highest BCUT2D eigenvalue weighted by Crippen LogP contribution is 2.27. The molecular formula is C17H19N5O2. The molecule has 2 N–H and O–H groups in total. The molecule has 0 aliphatic carbocycles. The van der Waals surface area contributed by atoms with Crippen LogP contribution in [-0.2, 0) is 7.05 Å². The minimum atomic E-state index is -0.271. The molecule has 7 nitrogen and oxygen atoms in total. The molecule has 1 aliphatic heterocycles. The van der Waals surface area contributed by atoms with Crippen LogP contribution in [-0.4, -0.2) is 40.0 Å². The Kier molecular flexibility index (Phi) is 4.49. The quantitative estimate of drug-likeness (QED) is 0.892. The van der Waals surface area contributed by atoms with E-state index in [-0.39, 0.29) is 12.0 Å². The maximum Gasteiger partial charge on any atom is 0.273 e. The zero-order chi connectivity index (χ0) is 17.1. The number of nitrogens with zero attached hydrogens (tertiary/aromatic N) is 4. The van der Waals surface area contributed by atoms with Crippen molar-refractivity contribution in [2.45, 2.75) is 18.9 Å². The van der Waals surface area contributed by atoms with E-state index in [1.165, 1.54) is 4.68 Å². The van der Waals surface area contributed by atoms with Crippen molar-refractivity contribution in [3.63, 3.8) is 0 Å². The molecule has 2 aromatic rings. The van der Waals surface area contributed by atoms with Crippen LogP contribution < -0.4 is 10.2 Å². The summed E-state index contributed by atoms with van der Waals surface area (Å²) in [4.78, 5) is 14.3. The molecule has 1 amide bonds. The molecule has 0 radical (unpaired) electrons. The third-order valence-electron chi connectivity index (χ3n) is 4.23. The summed E-state index contributed by atoms with van der Waals surface area (Å²) in [6.45, 7) is 1.44. The van der Waals surface area contributed by atoms with E-state index in [1.807, 2.05) is 6.07 Å². The molecule has 1 aromatic heterocycles. The first-order valence-corrected chi connectivity index (χ1v) is 7.85. The topological polar surface area (TPSA) is 94.2 Å². The second-order valence-electron chi connectivity index (χ2n) is 5.86. The van der Waals surface area contributed by atoms with Gasteiger partial charge in [-0.3, -0.25) is 9.48 Å². The Morgan fingerprint density at radius 2 is 2.12 bits per heavy atom. The van der Waals surface area contributed by atoms with Crippen molar-refractivity contribution in [3.05, 3.63) is 41.7 Å². The first-order valence-electron chi connectivity index (χ1n) is 7.85. The predicted octanol–water partition coefficient (Wildman–Crippen LogP) is 1.51. The second kappa shape index (κ2) is 6.72. The minimum absolute atomic E-state index is 0.260. The number of carbonyl (C=O) groups excluding carboxylic acids is 1. The molecule has 0 unspecified atom stereocenters. The van der Waals surface area contributed by atoms with E-state index in [2.05, 4.69) is 21.4 Å². The highest BCUT2D eigenvalue weighted by atomic mass is 16.3. The maximum absolute atomic E-state index is 12.2. The van der Waals surface area contributed by atoms with Crippen molar-refractivity contribution in [1.29, 1.82) is 5.26 Å². The van der Waals surface area contributed by atoms with Crippen LogP contribution in [0.15, 0.2) is 30.5 Å². The zero-order valence-corrected chi connectivity index (χ0v) is 13.4. The third kappa shape index (κ3) is 3.24. The molecule has 1 saturated heterocycles. The number of anilines is 2. The SMILES string of the molecule is Cn1nccc1C(=O)Nc1ccc(N2CCC(O)CC2)c(C#N)c1. The normalized spacial score (nSPS) is 15.1. The Bertz CT molecular complexity index is 785. The number of amides is 1. The Morgan fingerprint density at radius 1 is 1.38 bits per heavy atom. The van der Waals surface area contributed by atoms with Crippen LogP contribution in [0.25, 0.3) is 0 Å². The number of hydrogen-bond acceptors (Lipinski definition) is 5. The Morgan fingerprint density at radius 3 is 2.75 bits per heavy atom. The van der Waals surface area contributed by atoms with E-state index >= 15 is 0 Å². The van der Waals surface area contributed by atoms with Gasteiger partial charge in [0.1, 0.15) is 11.8 Å². The first-order chi connectivity index (χ1) is 11.6. The van der Waals surface area contributed by atoms with Gasteiger partial charge < -0.3 is 15.3 Å². The molecule has 0 saturated carbocycles. The Balaban J connectivity index is 1.78. The number of nitrogens with one attached hydrogen (secondary N) is 1. The van der Waals surface area contributed by atoms with Crippen LogP contribution in [0.5, 0.6) is 0 Å². The number of nitriles is 1. The highest BCUT2D eigenvalue weighted by molar-refractivity contribution is 6.03. The molecule has 3 rings (SSSR count). The zero-order valence-electron chi connectivity index (χ0n) is 13.4. The van der Waals surface area contributed by atoms with Crippen LogP contribution in [0.3, 0.4) is 0 Å². The molecule has 2 heterocycles. The highest BCUT2D eigenvalue weighted by Gasteiger charge is 2.20. The second-order valence-corrected chi connectivity index (χ2v) is 5.86. The van der Waals surface area contributed by atoms with Crippen molar-refractivity contribution < 1.29 is 9.90 Å². The van der Waals surface area contributed by atoms with E-state index in [0.29, 0.717) is 29.8 Å². The van der Waals surface area contributed by atoms with E-state index in [1.54, 1.807) is 31.4 Å². The molecule has 124 valence electrons. The van der Waals surface area contributed by atoms with Crippen LogP contribution in [0.2, 0.25) is 0 Å². The smallest absolute Gasteiger partial charge is 0.273 e. The van der Waals surface area contributed by atoms with Gasteiger partial charge in [0.05, 0.1) is 17.4 Å². The summed E-state index contributed by atoms with van der Waals surface area (Å²) in [5.74, 6) is -0.271. The third-order valence-corrected chi connectivity index (χ3v) is 4.23. The van der Waals surface area contributed by atoms with Crippen molar-refractivity contribution in [3.8, 4) is 6.07 Å². The first kappa shape index (κ1) is 16.0. The standard InChI is InChI=1S/C17H19N5O2/c1-21-16(4-7-19-21)17(24)20-13-2-3-15(12(10-13)11-18)22-8-5-14(23)6-9-22/h2-4,7,10,14,23H,5-6,8-9H2,1H3,(H,20,24). The minimum Gasteiger partial charge on any atom is -0.393 e. The summed E-state index contributed by atoms with van der Waals surface area (Å²) in [5, 5.41) is 25.8. The van der Waals surface area contributed by atoms with Crippen molar-refractivity contribution in [2.24, 2.45) is 7.05 Å². The average Bonchev–Trinajstić information content (AvgIpc) is 3.02. The fraction of sp³-hybridized carbons (Fsp3) is 0.353. The molecule has 7 heteroatoms. The summed E-state index contributed by atoms with van der Waals surface area (Å²) in [7, 11) is 1.70. The van der Waals surface area contributed by atoms with Crippen molar-refractivity contribution >= 4 is 17.3 Å². The maximum atomic E-state index is 12.2. The number of rotatable bonds is 3. The lowest BCUT2D eigenvalue weighted by Gasteiger charge is -2.32. The molecule has 0 atom stereocenters. The summed E-state index contributed by atoms with van der Waals surface area (Å²) in [6.07, 6.45) is 2.70. The van der Waals surface area contributed by atoms with Gasteiger partial charge in [0.25, 0.3) is 5.91 Å². The van der Waals surface area contributed by atoms with Gasteiger partial charge >= 0.3 is 0 Å². The number of aliphatic hydroxyl groups excluding tert-OH is 1. The Hall–Kier alpha value is -2.85. The van der Waals surface area contributed by atoms with Crippen LogP contribution in [0.4, 0.5) is 11.4 Å². The van der Waals surface area contributed by atoms with Gasteiger partial charge in [-0.15, -0.1) is 0 Å². The number of aliphatic hydroxyl groups is 1. The average molecular weight is 325 g/mol. The molecule has 0 spiro atoms. The number of piperidine rings is 1. The predicted molar refractivity (Wildman–Crippen MR) is 89.8 cm³/mol. The fourth-order valence-electron chi connectivity index (χ4n) is 2.88.